The van der Waals surface area contributed by atoms with E-state index in [0.29, 0.717) is 17.4 Å². The summed E-state index contributed by atoms with van der Waals surface area (Å²) >= 11 is 0. The van der Waals surface area contributed by atoms with Crippen molar-refractivity contribution in [3.8, 4) is 23.4 Å². The monoisotopic (exact) mass is 370 g/mol. The summed E-state index contributed by atoms with van der Waals surface area (Å²) in [5.41, 5.74) is 8.42. The molecule has 3 rings (SSSR count). The molecule has 140 valence electrons. The van der Waals surface area contributed by atoms with E-state index < -0.39 is 11.9 Å². The van der Waals surface area contributed by atoms with Gasteiger partial charge in [0, 0.05) is 11.3 Å². The standard InChI is InChI=1S/C18H18N4O5/c1-9-15-16(11(7-19)17(20)27-18(15)22-21-9)10-4-5-12(13(6-10)24-2)26-8-14(23)25-3/h4-6,16H,8,20H2,1-3H3,(H,21,22)/t16-/m0/s1. The number of carbonyl (C=O) groups is 1. The zero-order valence-corrected chi connectivity index (χ0v) is 15.0. The third-order valence-corrected chi connectivity index (χ3v) is 4.22. The molecule has 0 bridgehead atoms. The number of aryl methyl sites for hydroxylation is 1. The highest BCUT2D eigenvalue weighted by Gasteiger charge is 2.34. The predicted molar refractivity (Wildman–Crippen MR) is 93.1 cm³/mol. The Balaban J connectivity index is 2.04. The second-order valence-corrected chi connectivity index (χ2v) is 5.77. The van der Waals surface area contributed by atoms with E-state index >= 15 is 0 Å². The number of ether oxygens (including phenoxy) is 4. The Morgan fingerprint density at radius 3 is 2.85 bits per heavy atom. The number of aromatic nitrogens is 2. The number of nitrogens with one attached hydrogen (secondary N) is 1. The number of carbonyl (C=O) groups excluding carboxylic acids is 1. The second kappa shape index (κ2) is 7.29. The van der Waals surface area contributed by atoms with Gasteiger partial charge >= 0.3 is 5.97 Å². The lowest BCUT2D eigenvalue weighted by molar-refractivity contribution is -0.142. The van der Waals surface area contributed by atoms with E-state index in [1.807, 2.05) is 6.92 Å². The molecule has 9 nitrogen and oxygen atoms in total. The number of hydrogen-bond donors (Lipinski definition) is 2. The molecule has 0 unspecified atom stereocenters. The lowest BCUT2D eigenvalue weighted by Gasteiger charge is -2.24. The summed E-state index contributed by atoms with van der Waals surface area (Å²) in [6, 6.07) is 7.27. The first-order chi connectivity index (χ1) is 13.0. The Morgan fingerprint density at radius 2 is 2.19 bits per heavy atom. The van der Waals surface area contributed by atoms with Crippen LogP contribution in [0.25, 0.3) is 0 Å². The number of nitrogens with zero attached hydrogens (tertiary/aromatic N) is 2. The van der Waals surface area contributed by atoms with Crippen LogP contribution in [-0.4, -0.2) is 37.0 Å². The van der Waals surface area contributed by atoms with Crippen LogP contribution < -0.4 is 19.9 Å². The van der Waals surface area contributed by atoms with Gasteiger partial charge in [-0.2, -0.15) is 5.26 Å². The lowest BCUT2D eigenvalue weighted by Crippen LogP contribution is -2.21. The zero-order chi connectivity index (χ0) is 19.6. The van der Waals surface area contributed by atoms with Crippen molar-refractivity contribution in [1.82, 2.24) is 10.2 Å². The molecule has 3 N–H and O–H groups in total. The van der Waals surface area contributed by atoms with Crippen LogP contribution in [-0.2, 0) is 9.53 Å². The van der Waals surface area contributed by atoms with Crippen LogP contribution in [0.3, 0.4) is 0 Å². The maximum atomic E-state index is 11.3. The number of hydrogen-bond acceptors (Lipinski definition) is 8. The van der Waals surface area contributed by atoms with Gasteiger partial charge in [0.15, 0.2) is 18.1 Å². The van der Waals surface area contributed by atoms with Crippen molar-refractivity contribution in [2.75, 3.05) is 20.8 Å². The SMILES string of the molecule is COC(=O)COc1ccc([C@H]2C(C#N)=C(N)Oc3n[nH]c(C)c32)cc1OC. The second-order valence-electron chi connectivity index (χ2n) is 5.77. The van der Waals surface area contributed by atoms with Crippen LogP contribution in [0.1, 0.15) is 22.7 Å². The highest BCUT2D eigenvalue weighted by Crippen LogP contribution is 2.44. The van der Waals surface area contributed by atoms with Crippen molar-refractivity contribution in [2.24, 2.45) is 5.73 Å². The van der Waals surface area contributed by atoms with Crippen LogP contribution in [0.5, 0.6) is 17.4 Å². The van der Waals surface area contributed by atoms with Crippen LogP contribution in [0.4, 0.5) is 0 Å². The van der Waals surface area contributed by atoms with Gasteiger partial charge in [-0.25, -0.2) is 4.79 Å². The Labute approximate surface area is 155 Å². The number of nitriles is 1. The molecule has 1 aromatic carbocycles. The summed E-state index contributed by atoms with van der Waals surface area (Å²) in [5.74, 6) is 0.137. The molecule has 9 heteroatoms. The quantitative estimate of drug-likeness (QED) is 0.757. The molecule has 0 spiro atoms. The maximum absolute atomic E-state index is 11.3. The van der Waals surface area contributed by atoms with E-state index in [-0.39, 0.29) is 18.1 Å². The molecule has 0 amide bonds. The van der Waals surface area contributed by atoms with Crippen molar-refractivity contribution < 1.29 is 23.7 Å². The highest BCUT2D eigenvalue weighted by atomic mass is 16.6. The lowest BCUT2D eigenvalue weighted by atomic mass is 9.84. The third-order valence-electron chi connectivity index (χ3n) is 4.22. The Bertz CT molecular complexity index is 957. The minimum atomic E-state index is -0.508. The van der Waals surface area contributed by atoms with Crippen molar-refractivity contribution in [1.29, 1.82) is 5.26 Å². The topological polar surface area (TPSA) is 132 Å². The maximum Gasteiger partial charge on any atom is 0.343 e. The van der Waals surface area contributed by atoms with Gasteiger partial charge in [-0.3, -0.25) is 5.10 Å². The molecule has 2 aromatic rings. The number of nitrogens with two attached hydrogens (primary N) is 1. The van der Waals surface area contributed by atoms with Gasteiger partial charge in [0.1, 0.15) is 11.6 Å². The summed E-state index contributed by atoms with van der Waals surface area (Å²) in [7, 11) is 2.76. The summed E-state index contributed by atoms with van der Waals surface area (Å²) in [6.07, 6.45) is 0. The molecular weight excluding hydrogens is 352 g/mol. The minimum Gasteiger partial charge on any atom is -0.493 e. The average Bonchev–Trinajstić information content (AvgIpc) is 3.04. The van der Waals surface area contributed by atoms with Gasteiger partial charge in [0.2, 0.25) is 11.8 Å². The van der Waals surface area contributed by atoms with E-state index in [9.17, 15) is 10.1 Å². The van der Waals surface area contributed by atoms with Crippen LogP contribution in [0, 0.1) is 18.3 Å². The minimum absolute atomic E-state index is 0.00600. The van der Waals surface area contributed by atoms with Crippen molar-refractivity contribution in [3.63, 3.8) is 0 Å². The molecule has 0 saturated carbocycles. The zero-order valence-electron chi connectivity index (χ0n) is 15.0. The number of benzene rings is 1. The summed E-state index contributed by atoms with van der Waals surface area (Å²) < 4.78 is 20.8. The first kappa shape index (κ1) is 18.1. The smallest absolute Gasteiger partial charge is 0.343 e. The summed E-state index contributed by atoms with van der Waals surface area (Å²) in [4.78, 5) is 11.3. The van der Waals surface area contributed by atoms with Gasteiger partial charge < -0.3 is 24.7 Å². The molecule has 2 heterocycles. The van der Waals surface area contributed by atoms with E-state index in [0.717, 1.165) is 16.8 Å². The Kier molecular flexibility index (Phi) is 4.90. The predicted octanol–water partition coefficient (Wildman–Crippen LogP) is 1.50. The van der Waals surface area contributed by atoms with Gasteiger partial charge in [-0.05, 0) is 24.6 Å². The molecule has 1 aliphatic rings. The molecule has 0 fully saturated rings. The number of methoxy groups -OCH3 is 2. The number of allylic oxidation sites excluding steroid dienone is 1. The molecular formula is C18H18N4O5. The normalized spacial score (nSPS) is 15.4. The first-order valence-corrected chi connectivity index (χ1v) is 8.00. The van der Waals surface area contributed by atoms with E-state index in [4.69, 9.17) is 19.9 Å². The number of rotatable bonds is 5. The van der Waals surface area contributed by atoms with Crippen molar-refractivity contribution >= 4 is 5.97 Å². The van der Waals surface area contributed by atoms with Crippen LogP contribution >= 0.6 is 0 Å². The number of aromatic amines is 1. The molecule has 0 aliphatic carbocycles. The van der Waals surface area contributed by atoms with E-state index in [2.05, 4.69) is 21.0 Å². The highest BCUT2D eigenvalue weighted by molar-refractivity contribution is 5.71. The molecule has 1 aliphatic heterocycles. The Hall–Kier alpha value is -3.67. The van der Waals surface area contributed by atoms with Gasteiger partial charge in [-0.1, -0.05) is 6.07 Å². The average molecular weight is 370 g/mol. The fourth-order valence-electron chi connectivity index (χ4n) is 2.91. The largest absolute Gasteiger partial charge is 0.493 e. The van der Waals surface area contributed by atoms with Crippen molar-refractivity contribution in [3.05, 3.63) is 46.5 Å². The number of fused-ring (bicyclic) bond motifs is 1. The molecule has 1 atom stereocenters. The number of esters is 1. The fourth-order valence-corrected chi connectivity index (χ4v) is 2.91. The van der Waals surface area contributed by atoms with Gasteiger partial charge in [0.05, 0.1) is 20.1 Å². The number of H-pyrrole nitrogens is 1. The van der Waals surface area contributed by atoms with Crippen LogP contribution in [0.2, 0.25) is 0 Å². The molecule has 0 radical (unpaired) electrons. The summed E-state index contributed by atoms with van der Waals surface area (Å²) in [5, 5.41) is 16.5. The molecule has 0 saturated heterocycles. The first-order valence-electron chi connectivity index (χ1n) is 8.00. The van der Waals surface area contributed by atoms with Gasteiger partial charge in [-0.15, -0.1) is 5.10 Å². The Morgan fingerprint density at radius 1 is 1.41 bits per heavy atom. The van der Waals surface area contributed by atoms with E-state index in [1.54, 1.807) is 18.2 Å². The van der Waals surface area contributed by atoms with Gasteiger partial charge in [0.25, 0.3) is 0 Å². The van der Waals surface area contributed by atoms with E-state index in [1.165, 1.54) is 14.2 Å². The summed E-state index contributed by atoms with van der Waals surface area (Å²) in [6.45, 7) is 1.59. The molecule has 27 heavy (non-hydrogen) atoms. The van der Waals surface area contributed by atoms with Crippen molar-refractivity contribution in [2.45, 2.75) is 12.8 Å². The third kappa shape index (κ3) is 3.25. The van der Waals surface area contributed by atoms with Crippen LogP contribution in [0.15, 0.2) is 29.7 Å². The molecule has 1 aromatic heterocycles. The fraction of sp³-hybridized carbons (Fsp3) is 0.278.